The largest absolute Gasteiger partial charge is 0.314 e. The summed E-state index contributed by atoms with van der Waals surface area (Å²) in [6.07, 6.45) is 0. The van der Waals surface area contributed by atoms with Crippen LogP contribution >= 0.6 is 11.6 Å². The molecule has 2 nitrogen and oxygen atoms in total. The van der Waals surface area contributed by atoms with Crippen molar-refractivity contribution >= 4 is 11.6 Å². The summed E-state index contributed by atoms with van der Waals surface area (Å²) in [5, 5.41) is 7.00. The summed E-state index contributed by atoms with van der Waals surface area (Å²) >= 11 is 5.78. The molecule has 0 bridgehead atoms. The maximum absolute atomic E-state index is 13.1. The van der Waals surface area contributed by atoms with E-state index in [2.05, 4.69) is 10.6 Å². The Bertz CT molecular complexity index is 304. The molecule has 4 heteroatoms. The average Bonchev–Trinajstić information content (AvgIpc) is 2.18. The summed E-state index contributed by atoms with van der Waals surface area (Å²) in [4.78, 5) is 0. The summed E-state index contributed by atoms with van der Waals surface area (Å²) in [6.45, 7) is 2.68. The first-order valence-corrected chi connectivity index (χ1v) is 5.03. The Balaban J connectivity index is 2.21. The molecule has 14 heavy (non-hydrogen) atoms. The molecule has 0 radical (unpaired) electrons. The summed E-state index contributed by atoms with van der Waals surface area (Å²) in [5.41, 5.74) is 0.905. The molecule has 0 spiro atoms. The van der Waals surface area contributed by atoms with Crippen LogP contribution in [0.4, 0.5) is 4.39 Å². The van der Waals surface area contributed by atoms with Crippen LogP contribution in [0.5, 0.6) is 0 Å². The smallest absolute Gasteiger partial charge is 0.125 e. The van der Waals surface area contributed by atoms with Crippen molar-refractivity contribution in [3.63, 3.8) is 0 Å². The summed E-state index contributed by atoms with van der Waals surface area (Å²) in [6, 6.07) is 4.81. The van der Waals surface area contributed by atoms with E-state index in [9.17, 15) is 4.39 Å². The Morgan fingerprint density at radius 1 is 1.29 bits per heavy atom. The van der Waals surface area contributed by atoms with Crippen LogP contribution in [-0.4, -0.2) is 19.6 Å². The first-order chi connectivity index (χ1) is 6.75. The van der Waals surface area contributed by atoms with Gasteiger partial charge in [0.2, 0.25) is 0 Å². The van der Waals surface area contributed by atoms with Crippen molar-refractivity contribution in [2.45, 2.75) is 6.04 Å². The summed E-state index contributed by atoms with van der Waals surface area (Å²) in [5.74, 6) is -0.278. The Morgan fingerprint density at radius 3 is 2.79 bits per heavy atom. The van der Waals surface area contributed by atoms with Crippen molar-refractivity contribution in [3.8, 4) is 0 Å². The molecule has 1 aliphatic rings. The summed E-state index contributed by atoms with van der Waals surface area (Å²) in [7, 11) is 0. The average molecular weight is 215 g/mol. The van der Waals surface area contributed by atoms with Crippen molar-refractivity contribution in [2.24, 2.45) is 0 Å². The van der Waals surface area contributed by atoms with Crippen LogP contribution in [0, 0.1) is 5.82 Å². The van der Waals surface area contributed by atoms with Gasteiger partial charge in [0.1, 0.15) is 5.82 Å². The number of rotatable bonds is 1. The molecule has 0 saturated carbocycles. The van der Waals surface area contributed by atoms with Gasteiger partial charge in [0.25, 0.3) is 0 Å². The van der Waals surface area contributed by atoms with Gasteiger partial charge in [-0.15, -0.1) is 0 Å². The monoisotopic (exact) mass is 214 g/mol. The van der Waals surface area contributed by atoms with Crippen LogP contribution in [0.1, 0.15) is 11.6 Å². The van der Waals surface area contributed by atoms with Gasteiger partial charge >= 0.3 is 0 Å². The highest BCUT2D eigenvalue weighted by Gasteiger charge is 2.15. The third kappa shape index (κ3) is 2.23. The van der Waals surface area contributed by atoms with Gasteiger partial charge in [0.05, 0.1) is 0 Å². The fourth-order valence-electron chi connectivity index (χ4n) is 1.67. The van der Waals surface area contributed by atoms with Crippen LogP contribution < -0.4 is 10.6 Å². The topological polar surface area (TPSA) is 24.1 Å². The normalized spacial score (nSPS) is 22.3. The van der Waals surface area contributed by atoms with Crippen molar-refractivity contribution in [1.29, 1.82) is 0 Å². The number of benzene rings is 1. The van der Waals surface area contributed by atoms with E-state index in [1.165, 1.54) is 12.1 Å². The lowest BCUT2D eigenvalue weighted by Crippen LogP contribution is -2.42. The number of piperazine rings is 1. The molecule has 2 rings (SSSR count). The molecule has 1 aliphatic heterocycles. The van der Waals surface area contributed by atoms with Gasteiger partial charge in [-0.25, -0.2) is 4.39 Å². The van der Waals surface area contributed by atoms with Crippen molar-refractivity contribution in [1.82, 2.24) is 10.6 Å². The SMILES string of the molecule is Fc1cc(Cl)cc(C2CNCCN2)c1. The highest BCUT2D eigenvalue weighted by molar-refractivity contribution is 6.30. The van der Waals surface area contributed by atoms with Crippen LogP contribution in [0.15, 0.2) is 18.2 Å². The minimum atomic E-state index is -0.278. The zero-order chi connectivity index (χ0) is 9.97. The molecule has 0 aliphatic carbocycles. The van der Waals surface area contributed by atoms with Crippen molar-refractivity contribution < 1.29 is 4.39 Å². The maximum Gasteiger partial charge on any atom is 0.125 e. The van der Waals surface area contributed by atoms with E-state index in [1.54, 1.807) is 6.07 Å². The van der Waals surface area contributed by atoms with E-state index < -0.39 is 0 Å². The standard InChI is InChI=1S/C10H12ClFN2/c11-8-3-7(4-9(12)5-8)10-6-13-1-2-14-10/h3-5,10,13-14H,1-2,6H2. The Hall–Kier alpha value is -0.640. The molecule has 1 heterocycles. The van der Waals surface area contributed by atoms with E-state index in [4.69, 9.17) is 11.6 Å². The number of hydrogen-bond donors (Lipinski definition) is 2. The van der Waals surface area contributed by atoms with Crippen LogP contribution in [0.2, 0.25) is 5.02 Å². The number of nitrogens with one attached hydrogen (secondary N) is 2. The van der Waals surface area contributed by atoms with E-state index in [0.29, 0.717) is 5.02 Å². The van der Waals surface area contributed by atoms with Crippen LogP contribution in [0.3, 0.4) is 0 Å². The minimum Gasteiger partial charge on any atom is -0.314 e. The number of halogens is 2. The molecule has 1 saturated heterocycles. The van der Waals surface area contributed by atoms with Crippen molar-refractivity contribution in [2.75, 3.05) is 19.6 Å². The van der Waals surface area contributed by atoms with E-state index in [1.807, 2.05) is 0 Å². The Morgan fingerprint density at radius 2 is 2.14 bits per heavy atom. The maximum atomic E-state index is 13.1. The second-order valence-electron chi connectivity index (χ2n) is 3.41. The van der Waals surface area contributed by atoms with E-state index in [0.717, 1.165) is 25.2 Å². The zero-order valence-corrected chi connectivity index (χ0v) is 8.44. The van der Waals surface area contributed by atoms with Crippen LogP contribution in [-0.2, 0) is 0 Å². The van der Waals surface area contributed by atoms with Gasteiger partial charge in [-0.05, 0) is 23.8 Å². The molecule has 1 fully saturated rings. The van der Waals surface area contributed by atoms with Gasteiger partial charge in [0, 0.05) is 30.7 Å². The second-order valence-corrected chi connectivity index (χ2v) is 3.85. The molecule has 1 aromatic rings. The number of hydrogen-bond acceptors (Lipinski definition) is 2. The highest BCUT2D eigenvalue weighted by Crippen LogP contribution is 2.20. The quantitative estimate of drug-likeness (QED) is 0.744. The van der Waals surface area contributed by atoms with E-state index >= 15 is 0 Å². The van der Waals surface area contributed by atoms with Gasteiger partial charge in [0.15, 0.2) is 0 Å². The molecule has 0 amide bonds. The second kappa shape index (κ2) is 4.26. The molecular formula is C10H12ClFN2. The molecule has 2 N–H and O–H groups in total. The van der Waals surface area contributed by atoms with Crippen molar-refractivity contribution in [3.05, 3.63) is 34.6 Å². The lowest BCUT2D eigenvalue weighted by molar-refractivity contribution is 0.428. The lowest BCUT2D eigenvalue weighted by Gasteiger charge is -2.24. The molecular weight excluding hydrogens is 203 g/mol. The first-order valence-electron chi connectivity index (χ1n) is 4.66. The minimum absolute atomic E-state index is 0.164. The third-order valence-corrected chi connectivity index (χ3v) is 2.55. The Labute approximate surface area is 87.5 Å². The third-order valence-electron chi connectivity index (χ3n) is 2.33. The van der Waals surface area contributed by atoms with Crippen LogP contribution in [0.25, 0.3) is 0 Å². The molecule has 1 atom stereocenters. The van der Waals surface area contributed by atoms with Gasteiger partial charge < -0.3 is 10.6 Å². The summed E-state index contributed by atoms with van der Waals surface area (Å²) < 4.78 is 13.1. The lowest BCUT2D eigenvalue weighted by atomic mass is 10.1. The molecule has 1 unspecified atom stereocenters. The zero-order valence-electron chi connectivity index (χ0n) is 7.69. The first kappa shape index (κ1) is 9.90. The van der Waals surface area contributed by atoms with E-state index in [-0.39, 0.29) is 11.9 Å². The van der Waals surface area contributed by atoms with Gasteiger partial charge in [-0.3, -0.25) is 0 Å². The fraction of sp³-hybridized carbons (Fsp3) is 0.400. The molecule has 1 aromatic carbocycles. The predicted molar refractivity (Wildman–Crippen MR) is 55.0 cm³/mol. The molecule has 0 aromatic heterocycles. The van der Waals surface area contributed by atoms with Gasteiger partial charge in [-0.2, -0.15) is 0 Å². The molecule has 76 valence electrons. The predicted octanol–water partition coefficient (Wildman–Crippen LogP) is 1.71. The van der Waals surface area contributed by atoms with Gasteiger partial charge in [-0.1, -0.05) is 11.6 Å². The Kier molecular flexibility index (Phi) is 3.01. The highest BCUT2D eigenvalue weighted by atomic mass is 35.5. The fourth-order valence-corrected chi connectivity index (χ4v) is 1.90.